The summed E-state index contributed by atoms with van der Waals surface area (Å²) in [7, 11) is 1.60. The summed E-state index contributed by atoms with van der Waals surface area (Å²) in [4.78, 5) is 11.9. The summed E-state index contributed by atoms with van der Waals surface area (Å²) < 4.78 is 13.2. The fraction of sp³-hybridized carbons (Fsp3) is 0.292. The van der Waals surface area contributed by atoms with E-state index in [9.17, 15) is 15.0 Å². The van der Waals surface area contributed by atoms with E-state index in [4.69, 9.17) is 9.47 Å². The van der Waals surface area contributed by atoms with Crippen LogP contribution in [0.15, 0.2) is 53.5 Å². The van der Waals surface area contributed by atoms with Gasteiger partial charge in [-0.3, -0.25) is 4.79 Å². The van der Waals surface area contributed by atoms with E-state index in [0.717, 1.165) is 22.4 Å². The average molecular weight is 409 g/mol. The number of methoxy groups -OCH3 is 1. The van der Waals surface area contributed by atoms with E-state index in [1.165, 1.54) is 12.3 Å². The summed E-state index contributed by atoms with van der Waals surface area (Å²) in [6.45, 7) is 7.51. The first-order valence-corrected chi connectivity index (χ1v) is 9.81. The Balaban J connectivity index is 2.26. The molecule has 30 heavy (non-hydrogen) atoms. The quantitative estimate of drug-likeness (QED) is 0.632. The molecule has 0 aliphatic rings. The standard InChI is InChI=1S/C24H27NO5/c1-14(2)30-24-8-6-15(3)10-18(24)19-11-17(7-9-23(19)29-5)25-13-22(28)21(27)12-20(25)16(4)26/h6-14,16,26,28H,1-5H3. The number of aromatic hydroxyl groups is 1. The zero-order valence-electron chi connectivity index (χ0n) is 17.8. The normalized spacial score (nSPS) is 12.1. The number of pyridine rings is 1. The highest BCUT2D eigenvalue weighted by molar-refractivity contribution is 5.78. The number of aliphatic hydroxyl groups is 1. The lowest BCUT2D eigenvalue weighted by Gasteiger charge is -2.20. The molecule has 1 unspecified atom stereocenters. The summed E-state index contributed by atoms with van der Waals surface area (Å²) in [6.07, 6.45) is 0.415. The summed E-state index contributed by atoms with van der Waals surface area (Å²) >= 11 is 0. The van der Waals surface area contributed by atoms with Crippen molar-refractivity contribution in [2.24, 2.45) is 0 Å². The minimum Gasteiger partial charge on any atom is -0.503 e. The molecule has 0 amide bonds. The van der Waals surface area contributed by atoms with Crippen molar-refractivity contribution in [2.75, 3.05) is 7.11 Å². The monoisotopic (exact) mass is 409 g/mol. The molecule has 0 bridgehead atoms. The number of rotatable bonds is 6. The fourth-order valence-corrected chi connectivity index (χ4v) is 3.35. The average Bonchev–Trinajstić information content (AvgIpc) is 2.70. The minimum atomic E-state index is -0.900. The van der Waals surface area contributed by atoms with Gasteiger partial charge in [-0.2, -0.15) is 0 Å². The predicted molar refractivity (Wildman–Crippen MR) is 117 cm³/mol. The van der Waals surface area contributed by atoms with Crippen LogP contribution in [-0.4, -0.2) is 28.0 Å². The molecule has 0 fully saturated rings. The Morgan fingerprint density at radius 2 is 1.63 bits per heavy atom. The zero-order valence-corrected chi connectivity index (χ0v) is 17.8. The third-order valence-corrected chi connectivity index (χ3v) is 4.74. The molecule has 6 nitrogen and oxygen atoms in total. The number of aromatic nitrogens is 1. The molecule has 0 aliphatic carbocycles. The van der Waals surface area contributed by atoms with Gasteiger partial charge in [-0.25, -0.2) is 0 Å². The van der Waals surface area contributed by atoms with E-state index < -0.39 is 17.3 Å². The molecular formula is C24H27NO5. The van der Waals surface area contributed by atoms with E-state index in [2.05, 4.69) is 0 Å². The topological polar surface area (TPSA) is 80.9 Å². The van der Waals surface area contributed by atoms with Gasteiger partial charge in [0, 0.05) is 22.9 Å². The Labute approximate surface area is 176 Å². The molecule has 2 N–H and O–H groups in total. The molecule has 1 heterocycles. The van der Waals surface area contributed by atoms with Gasteiger partial charge in [0.1, 0.15) is 11.5 Å². The molecule has 3 aromatic rings. The second-order valence-corrected chi connectivity index (χ2v) is 7.54. The van der Waals surface area contributed by atoms with Crippen molar-refractivity contribution < 1.29 is 19.7 Å². The Morgan fingerprint density at radius 3 is 2.27 bits per heavy atom. The van der Waals surface area contributed by atoms with Crippen molar-refractivity contribution in [3.05, 3.63) is 70.1 Å². The zero-order chi connectivity index (χ0) is 22.0. The number of benzene rings is 2. The largest absolute Gasteiger partial charge is 0.503 e. The second kappa shape index (κ2) is 8.63. The molecule has 3 rings (SSSR count). The smallest absolute Gasteiger partial charge is 0.223 e. The van der Waals surface area contributed by atoms with Crippen molar-refractivity contribution >= 4 is 0 Å². The molecule has 2 aromatic carbocycles. The van der Waals surface area contributed by atoms with Gasteiger partial charge in [0.25, 0.3) is 0 Å². The molecule has 6 heteroatoms. The first-order valence-electron chi connectivity index (χ1n) is 9.81. The predicted octanol–water partition coefficient (Wildman–Crippen LogP) is 4.37. The van der Waals surface area contributed by atoms with Crippen molar-refractivity contribution in [3.8, 4) is 34.1 Å². The Hall–Kier alpha value is -3.25. The maximum Gasteiger partial charge on any atom is 0.223 e. The molecule has 1 aromatic heterocycles. The van der Waals surface area contributed by atoms with Crippen LogP contribution >= 0.6 is 0 Å². The first-order chi connectivity index (χ1) is 14.2. The van der Waals surface area contributed by atoms with Crippen LogP contribution in [0.3, 0.4) is 0 Å². The number of hydrogen-bond donors (Lipinski definition) is 2. The van der Waals surface area contributed by atoms with E-state index in [1.54, 1.807) is 24.7 Å². The van der Waals surface area contributed by atoms with Crippen molar-refractivity contribution in [1.82, 2.24) is 4.57 Å². The van der Waals surface area contributed by atoms with Crippen LogP contribution in [0.25, 0.3) is 16.8 Å². The number of ether oxygens (including phenoxy) is 2. The van der Waals surface area contributed by atoms with Crippen LogP contribution in [0.2, 0.25) is 0 Å². The highest BCUT2D eigenvalue weighted by Gasteiger charge is 2.17. The SMILES string of the molecule is COc1ccc(-n2cc(O)c(=O)cc2C(C)O)cc1-c1cc(C)ccc1OC(C)C. The maximum absolute atomic E-state index is 11.9. The Bertz CT molecular complexity index is 1120. The third kappa shape index (κ3) is 4.33. The first kappa shape index (κ1) is 21.5. The molecule has 0 spiro atoms. The summed E-state index contributed by atoms with van der Waals surface area (Å²) in [5.74, 6) is 0.988. The van der Waals surface area contributed by atoms with E-state index >= 15 is 0 Å². The van der Waals surface area contributed by atoms with Crippen molar-refractivity contribution in [2.45, 2.75) is 39.9 Å². The van der Waals surface area contributed by atoms with Crippen molar-refractivity contribution in [3.63, 3.8) is 0 Å². The summed E-state index contributed by atoms with van der Waals surface area (Å²) in [5.41, 5.74) is 3.22. The maximum atomic E-state index is 11.9. The second-order valence-electron chi connectivity index (χ2n) is 7.54. The summed E-state index contributed by atoms with van der Waals surface area (Å²) in [6, 6.07) is 12.7. The van der Waals surface area contributed by atoms with Crippen LogP contribution in [-0.2, 0) is 0 Å². The van der Waals surface area contributed by atoms with Gasteiger partial charge in [0.05, 0.1) is 31.2 Å². The van der Waals surface area contributed by atoms with Crippen LogP contribution in [0.4, 0.5) is 0 Å². The van der Waals surface area contributed by atoms with Crippen LogP contribution in [0, 0.1) is 6.92 Å². The highest BCUT2D eigenvalue weighted by Crippen LogP contribution is 2.39. The lowest BCUT2D eigenvalue weighted by atomic mass is 10.00. The van der Waals surface area contributed by atoms with Crippen LogP contribution in [0.1, 0.15) is 38.1 Å². The number of aryl methyl sites for hydroxylation is 1. The van der Waals surface area contributed by atoms with Gasteiger partial charge in [-0.1, -0.05) is 11.6 Å². The lowest BCUT2D eigenvalue weighted by molar-refractivity contribution is 0.191. The van der Waals surface area contributed by atoms with Gasteiger partial charge < -0.3 is 24.3 Å². The van der Waals surface area contributed by atoms with Crippen LogP contribution < -0.4 is 14.9 Å². The molecule has 158 valence electrons. The molecule has 0 aliphatic heterocycles. The molecule has 0 radical (unpaired) electrons. The van der Waals surface area contributed by atoms with Gasteiger partial charge >= 0.3 is 0 Å². The van der Waals surface area contributed by atoms with E-state index in [-0.39, 0.29) is 6.10 Å². The Kier molecular flexibility index (Phi) is 6.17. The van der Waals surface area contributed by atoms with Gasteiger partial charge in [-0.05, 0) is 58.0 Å². The molecular weight excluding hydrogens is 382 g/mol. The molecule has 1 atom stereocenters. The van der Waals surface area contributed by atoms with Gasteiger partial charge in [0.2, 0.25) is 5.43 Å². The third-order valence-electron chi connectivity index (χ3n) is 4.74. The summed E-state index contributed by atoms with van der Waals surface area (Å²) in [5, 5.41) is 20.1. The number of hydrogen-bond acceptors (Lipinski definition) is 5. The number of aliphatic hydroxyl groups excluding tert-OH is 1. The highest BCUT2D eigenvalue weighted by atomic mass is 16.5. The van der Waals surface area contributed by atoms with Gasteiger partial charge in [0.15, 0.2) is 5.75 Å². The number of nitrogens with zero attached hydrogens (tertiary/aromatic N) is 1. The molecule has 0 saturated heterocycles. The Morgan fingerprint density at radius 1 is 0.967 bits per heavy atom. The molecule has 0 saturated carbocycles. The lowest BCUT2D eigenvalue weighted by Crippen LogP contribution is -2.13. The minimum absolute atomic E-state index is 0.00149. The van der Waals surface area contributed by atoms with Crippen LogP contribution in [0.5, 0.6) is 17.2 Å². The van der Waals surface area contributed by atoms with E-state index in [1.807, 2.05) is 51.1 Å². The van der Waals surface area contributed by atoms with E-state index in [0.29, 0.717) is 17.1 Å². The van der Waals surface area contributed by atoms with Gasteiger partial charge in [-0.15, -0.1) is 0 Å². The van der Waals surface area contributed by atoms with Crippen molar-refractivity contribution in [1.29, 1.82) is 0 Å². The fourth-order valence-electron chi connectivity index (χ4n) is 3.35.